The smallest absolute Gasteiger partial charge is 0.367 e. The van der Waals surface area contributed by atoms with E-state index in [4.69, 9.17) is 4.74 Å². The van der Waals surface area contributed by atoms with Crippen LogP contribution in [0.5, 0.6) is 0 Å². The Morgan fingerprint density at radius 1 is 1.45 bits per heavy atom. The number of hydrogen-bond donors (Lipinski definition) is 1. The minimum Gasteiger partial charge on any atom is -0.461 e. The highest BCUT2D eigenvalue weighted by molar-refractivity contribution is 7.11. The Kier molecular flexibility index (Phi) is 4.41. The topological polar surface area (TPSA) is 81.2 Å². The summed E-state index contributed by atoms with van der Waals surface area (Å²) < 4.78 is 4.82. The number of amides is 1. The number of thiazole rings is 1. The number of nitrogens with zero attached hydrogens (tertiary/aromatic N) is 2. The summed E-state index contributed by atoms with van der Waals surface area (Å²) in [6, 6.07) is 3.63. The molecule has 1 amide bonds. The molecule has 7 heteroatoms. The molecular formula is C13H13N3O3S. The first-order chi connectivity index (χ1) is 9.61. The number of aromatic nitrogens is 2. The summed E-state index contributed by atoms with van der Waals surface area (Å²) in [4.78, 5) is 31.5. The normalized spacial score (nSPS) is 10.1. The maximum Gasteiger partial charge on any atom is 0.367 e. The Morgan fingerprint density at radius 3 is 2.95 bits per heavy atom. The summed E-state index contributed by atoms with van der Waals surface area (Å²) in [5.41, 5.74) is 1.02. The lowest BCUT2D eigenvalue weighted by molar-refractivity contribution is 0.0526. The molecule has 0 aromatic carbocycles. The first-order valence-corrected chi connectivity index (χ1v) is 6.85. The molecular weight excluding hydrogens is 278 g/mol. The lowest BCUT2D eigenvalue weighted by Gasteiger charge is -2.04. The molecule has 0 spiro atoms. The van der Waals surface area contributed by atoms with E-state index in [-0.39, 0.29) is 17.3 Å². The first-order valence-electron chi connectivity index (χ1n) is 5.97. The fourth-order valence-electron chi connectivity index (χ4n) is 1.45. The summed E-state index contributed by atoms with van der Waals surface area (Å²) in [7, 11) is 0. The van der Waals surface area contributed by atoms with E-state index in [9.17, 15) is 9.59 Å². The van der Waals surface area contributed by atoms with Crippen LogP contribution in [0.3, 0.4) is 0 Å². The van der Waals surface area contributed by atoms with Gasteiger partial charge in [0.15, 0.2) is 0 Å². The van der Waals surface area contributed by atoms with Crippen molar-refractivity contribution in [2.75, 3.05) is 11.9 Å². The third-order valence-corrected chi connectivity index (χ3v) is 3.25. The summed E-state index contributed by atoms with van der Waals surface area (Å²) in [6.07, 6.45) is 1.59. The lowest BCUT2D eigenvalue weighted by Crippen LogP contribution is -2.15. The summed E-state index contributed by atoms with van der Waals surface area (Å²) in [6.45, 7) is 3.82. The van der Waals surface area contributed by atoms with E-state index in [1.165, 1.54) is 5.38 Å². The SMILES string of the molecule is CCOC(=O)c1nc(C(=O)Nc2ncccc2C)cs1. The second-order valence-electron chi connectivity index (χ2n) is 3.88. The molecule has 2 rings (SSSR count). The van der Waals surface area contributed by atoms with Crippen LogP contribution in [0.2, 0.25) is 0 Å². The molecule has 0 fully saturated rings. The van der Waals surface area contributed by atoms with Crippen LogP contribution >= 0.6 is 11.3 Å². The number of carbonyl (C=O) groups excluding carboxylic acids is 2. The lowest BCUT2D eigenvalue weighted by atomic mass is 10.3. The van der Waals surface area contributed by atoms with Crippen LogP contribution in [0.1, 0.15) is 32.8 Å². The first kappa shape index (κ1) is 14.1. The van der Waals surface area contributed by atoms with Gasteiger partial charge < -0.3 is 10.1 Å². The molecule has 6 nitrogen and oxygen atoms in total. The highest BCUT2D eigenvalue weighted by Gasteiger charge is 2.17. The minimum atomic E-state index is -0.523. The molecule has 0 saturated heterocycles. The van der Waals surface area contributed by atoms with E-state index >= 15 is 0 Å². The van der Waals surface area contributed by atoms with Crippen molar-refractivity contribution in [1.29, 1.82) is 0 Å². The van der Waals surface area contributed by atoms with Crippen molar-refractivity contribution < 1.29 is 14.3 Å². The third kappa shape index (κ3) is 3.18. The minimum absolute atomic E-state index is 0.162. The zero-order valence-corrected chi connectivity index (χ0v) is 11.9. The van der Waals surface area contributed by atoms with E-state index in [2.05, 4.69) is 15.3 Å². The van der Waals surface area contributed by atoms with E-state index in [0.717, 1.165) is 16.9 Å². The molecule has 0 saturated carbocycles. The number of esters is 1. The van der Waals surface area contributed by atoms with Gasteiger partial charge in [-0.1, -0.05) is 6.07 Å². The molecule has 2 aromatic heterocycles. The molecule has 0 aliphatic heterocycles. The number of ether oxygens (including phenoxy) is 1. The Labute approximate surface area is 119 Å². The molecule has 104 valence electrons. The molecule has 1 N–H and O–H groups in total. The van der Waals surface area contributed by atoms with E-state index in [1.54, 1.807) is 19.2 Å². The van der Waals surface area contributed by atoms with Crippen molar-refractivity contribution in [3.05, 3.63) is 40.0 Å². The molecule has 0 unspecified atom stereocenters. The number of pyridine rings is 1. The average molecular weight is 291 g/mol. The number of carbonyl (C=O) groups is 2. The highest BCUT2D eigenvalue weighted by atomic mass is 32.1. The Hall–Kier alpha value is -2.28. The van der Waals surface area contributed by atoms with Crippen molar-refractivity contribution in [2.24, 2.45) is 0 Å². The number of rotatable bonds is 4. The maximum atomic E-state index is 12.0. The van der Waals surface area contributed by atoms with Gasteiger partial charge in [0.2, 0.25) is 5.01 Å². The van der Waals surface area contributed by atoms with Crippen LogP contribution in [0.25, 0.3) is 0 Å². The Morgan fingerprint density at radius 2 is 2.25 bits per heavy atom. The van der Waals surface area contributed by atoms with Gasteiger partial charge in [0.25, 0.3) is 5.91 Å². The van der Waals surface area contributed by atoms with Crippen LogP contribution < -0.4 is 5.32 Å². The van der Waals surface area contributed by atoms with E-state index in [0.29, 0.717) is 5.82 Å². The van der Waals surface area contributed by atoms with Crippen molar-refractivity contribution in [3.63, 3.8) is 0 Å². The predicted molar refractivity (Wildman–Crippen MR) is 75.0 cm³/mol. The zero-order chi connectivity index (χ0) is 14.5. The Balaban J connectivity index is 2.11. The molecule has 0 radical (unpaired) electrons. The van der Waals surface area contributed by atoms with Gasteiger partial charge in [-0.05, 0) is 25.5 Å². The van der Waals surface area contributed by atoms with E-state index < -0.39 is 11.9 Å². The third-order valence-electron chi connectivity index (χ3n) is 2.43. The fraction of sp³-hybridized carbons (Fsp3) is 0.231. The van der Waals surface area contributed by atoms with Gasteiger partial charge in [-0.25, -0.2) is 14.8 Å². The monoisotopic (exact) mass is 291 g/mol. The van der Waals surface area contributed by atoms with Gasteiger partial charge in [-0.2, -0.15) is 0 Å². The highest BCUT2D eigenvalue weighted by Crippen LogP contribution is 2.14. The standard InChI is InChI=1S/C13H13N3O3S/c1-3-19-13(18)12-15-9(7-20-12)11(17)16-10-8(2)5-4-6-14-10/h4-7H,3H2,1-2H3,(H,14,16,17). The second kappa shape index (κ2) is 6.25. The Bertz CT molecular complexity index is 639. The second-order valence-corrected chi connectivity index (χ2v) is 4.74. The van der Waals surface area contributed by atoms with Gasteiger partial charge in [-0.3, -0.25) is 4.79 Å². The number of hydrogen-bond acceptors (Lipinski definition) is 6. The van der Waals surface area contributed by atoms with Crippen molar-refractivity contribution in [3.8, 4) is 0 Å². The largest absolute Gasteiger partial charge is 0.461 e. The van der Waals surface area contributed by atoms with Gasteiger partial charge >= 0.3 is 5.97 Å². The van der Waals surface area contributed by atoms with Crippen LogP contribution in [-0.4, -0.2) is 28.5 Å². The number of anilines is 1. The molecule has 0 aliphatic rings. The fourth-order valence-corrected chi connectivity index (χ4v) is 2.14. The van der Waals surface area contributed by atoms with Crippen LogP contribution in [0.15, 0.2) is 23.7 Å². The number of aryl methyl sites for hydroxylation is 1. The van der Waals surface area contributed by atoms with Gasteiger partial charge in [-0.15, -0.1) is 11.3 Å². The van der Waals surface area contributed by atoms with Crippen molar-refractivity contribution in [2.45, 2.75) is 13.8 Å². The van der Waals surface area contributed by atoms with Crippen LogP contribution in [-0.2, 0) is 4.74 Å². The van der Waals surface area contributed by atoms with Gasteiger partial charge in [0.05, 0.1) is 6.61 Å². The van der Waals surface area contributed by atoms with Crippen LogP contribution in [0, 0.1) is 6.92 Å². The quantitative estimate of drug-likeness (QED) is 0.874. The van der Waals surface area contributed by atoms with Gasteiger partial charge in [0, 0.05) is 11.6 Å². The summed E-state index contributed by atoms with van der Waals surface area (Å²) >= 11 is 1.07. The molecule has 0 atom stereocenters. The summed E-state index contributed by atoms with van der Waals surface area (Å²) in [5.74, 6) is -0.452. The summed E-state index contributed by atoms with van der Waals surface area (Å²) in [5, 5.41) is 4.33. The molecule has 2 heterocycles. The van der Waals surface area contributed by atoms with Crippen LogP contribution in [0.4, 0.5) is 5.82 Å². The maximum absolute atomic E-state index is 12.0. The molecule has 0 aliphatic carbocycles. The molecule has 2 aromatic rings. The molecule has 20 heavy (non-hydrogen) atoms. The average Bonchev–Trinajstić information content (AvgIpc) is 2.91. The van der Waals surface area contributed by atoms with E-state index in [1.807, 2.05) is 13.0 Å². The van der Waals surface area contributed by atoms with Crippen molar-refractivity contribution in [1.82, 2.24) is 9.97 Å². The zero-order valence-electron chi connectivity index (χ0n) is 11.0. The molecule has 0 bridgehead atoms. The van der Waals surface area contributed by atoms with Crippen molar-refractivity contribution >= 4 is 29.0 Å². The number of nitrogens with one attached hydrogen (secondary N) is 1. The van der Waals surface area contributed by atoms with Gasteiger partial charge in [0.1, 0.15) is 11.5 Å². The predicted octanol–water partition coefficient (Wildman–Crippen LogP) is 2.28.